The first-order valence-corrected chi connectivity index (χ1v) is 22.9. The van der Waals surface area contributed by atoms with Gasteiger partial charge in [0.2, 0.25) is 5.91 Å². The molecule has 0 radical (unpaired) electrons. The summed E-state index contributed by atoms with van der Waals surface area (Å²) in [6.07, 6.45) is 15.1. The van der Waals surface area contributed by atoms with Gasteiger partial charge in [0.15, 0.2) is 0 Å². The van der Waals surface area contributed by atoms with Crippen LogP contribution >= 0.6 is 0 Å². The zero-order valence-electron chi connectivity index (χ0n) is 37.0. The molecule has 5 unspecified atom stereocenters. The summed E-state index contributed by atoms with van der Waals surface area (Å²) in [5.41, 5.74) is -0.170. The van der Waals surface area contributed by atoms with Gasteiger partial charge in [-0.15, -0.1) is 0 Å². The summed E-state index contributed by atoms with van der Waals surface area (Å²) in [4.78, 5) is 55.8. The second-order valence-corrected chi connectivity index (χ2v) is 23.4. The van der Waals surface area contributed by atoms with Gasteiger partial charge in [0.25, 0.3) is 0 Å². The van der Waals surface area contributed by atoms with Crippen LogP contribution in [0.2, 0.25) is 0 Å². The van der Waals surface area contributed by atoms with Gasteiger partial charge in [0, 0.05) is 36.3 Å². The predicted octanol–water partition coefficient (Wildman–Crippen LogP) is 10.7. The summed E-state index contributed by atoms with van der Waals surface area (Å²) in [6.45, 7) is 28.7. The Morgan fingerprint density at radius 3 is 2.09 bits per heavy atom. The zero-order chi connectivity index (χ0) is 41.0. The Morgan fingerprint density at radius 2 is 1.46 bits per heavy atom. The minimum atomic E-state index is -1.15. The van der Waals surface area contributed by atoms with E-state index in [2.05, 4.69) is 66.9 Å². The van der Waals surface area contributed by atoms with Crippen molar-refractivity contribution < 1.29 is 29.0 Å². The van der Waals surface area contributed by atoms with E-state index < -0.39 is 17.4 Å². The number of allylic oxidation sites excluding steroid dienone is 1. The maximum atomic E-state index is 15.1. The normalized spacial score (nSPS) is 43.9. The summed E-state index contributed by atoms with van der Waals surface area (Å²) >= 11 is 0. The van der Waals surface area contributed by atoms with Gasteiger partial charge in [-0.2, -0.15) is 0 Å². The molecular formula is C49H77NO6. The van der Waals surface area contributed by atoms with E-state index in [1.54, 1.807) is 13.8 Å². The molecule has 7 aliphatic rings. The van der Waals surface area contributed by atoms with Gasteiger partial charge in [-0.25, -0.2) is 0 Å². The van der Waals surface area contributed by atoms with Crippen LogP contribution in [0.1, 0.15) is 172 Å². The Morgan fingerprint density at radius 1 is 0.786 bits per heavy atom. The van der Waals surface area contributed by atoms with Gasteiger partial charge in [-0.3, -0.25) is 19.2 Å². The topological polar surface area (TPSA) is 101 Å². The van der Waals surface area contributed by atoms with E-state index in [0.29, 0.717) is 47.7 Å². The van der Waals surface area contributed by atoms with Crippen molar-refractivity contribution in [3.8, 4) is 0 Å². The molecule has 1 amide bonds. The van der Waals surface area contributed by atoms with Crippen LogP contribution in [0.25, 0.3) is 0 Å². The molecule has 0 aromatic rings. The zero-order valence-corrected chi connectivity index (χ0v) is 37.0. The largest absolute Gasteiger partial charge is 0.481 e. The number of ketones is 1. The molecule has 0 aromatic carbocycles. The first kappa shape index (κ1) is 42.0. The number of piperidine rings is 1. The molecule has 7 rings (SSSR count). The average molecular weight is 776 g/mol. The number of hydrogen-bond donors (Lipinski definition) is 1. The van der Waals surface area contributed by atoms with Crippen LogP contribution in [0.4, 0.5) is 0 Å². The molecule has 1 aliphatic heterocycles. The molecule has 0 spiro atoms. The van der Waals surface area contributed by atoms with Gasteiger partial charge in [-0.1, -0.05) is 60.6 Å². The molecule has 7 fully saturated rings. The highest BCUT2D eigenvalue weighted by Crippen LogP contribution is 2.78. The molecule has 6 aliphatic carbocycles. The predicted molar refractivity (Wildman–Crippen MR) is 220 cm³/mol. The second kappa shape index (κ2) is 14.0. The van der Waals surface area contributed by atoms with Gasteiger partial charge in [0.05, 0.1) is 11.8 Å². The molecular weight excluding hydrogens is 699 g/mol. The molecule has 314 valence electrons. The number of rotatable bonds is 9. The number of carboxylic acid groups (broad SMARTS) is 1. The second-order valence-electron chi connectivity index (χ2n) is 23.4. The number of aliphatic carboxylic acids is 1. The van der Waals surface area contributed by atoms with Crippen molar-refractivity contribution in [3.05, 3.63) is 12.2 Å². The fourth-order valence-electron chi connectivity index (χ4n) is 16.0. The standard InChI is InChI=1S/C49H77NO6/c1-30(2)32-17-22-49(37(51)28-31-27-34(44(31,5)6)41(53)50-25-13-12-14-26-50)24-23-47(10)33(40(32)49)15-16-36-46(9)20-19-38(56-39(52)29-43(3,4)42(54)55)45(7,8)35(46)18-21-48(36,47)11/h31-36,38,40H,1,12-29H2,2-11H3,(H,54,55)/t31-,32?,33?,34+,35?,36?,38-,40?,46-,47+,48+,49+/m0/s1. The van der Waals surface area contributed by atoms with Crippen LogP contribution in [0.15, 0.2) is 12.2 Å². The van der Waals surface area contributed by atoms with E-state index in [4.69, 9.17) is 4.74 Å². The number of likely N-dealkylation sites (tertiary alicyclic amines) is 1. The summed E-state index contributed by atoms with van der Waals surface area (Å²) in [7, 11) is 0. The number of carbonyl (C=O) groups is 4. The van der Waals surface area contributed by atoms with Crippen molar-refractivity contribution in [2.45, 2.75) is 178 Å². The van der Waals surface area contributed by atoms with Gasteiger partial charge < -0.3 is 14.7 Å². The number of carboxylic acids is 1. The van der Waals surface area contributed by atoms with Crippen LogP contribution in [-0.2, 0) is 23.9 Å². The fourth-order valence-corrected chi connectivity index (χ4v) is 16.0. The highest BCUT2D eigenvalue weighted by atomic mass is 16.5. The maximum absolute atomic E-state index is 15.1. The first-order chi connectivity index (χ1) is 26.0. The van der Waals surface area contributed by atoms with Crippen molar-refractivity contribution in [2.24, 2.45) is 79.3 Å². The quantitative estimate of drug-likeness (QED) is 0.185. The maximum Gasteiger partial charge on any atom is 0.309 e. The molecule has 56 heavy (non-hydrogen) atoms. The van der Waals surface area contributed by atoms with E-state index in [-0.39, 0.29) is 56.9 Å². The Kier molecular flexibility index (Phi) is 10.5. The molecule has 7 heteroatoms. The van der Waals surface area contributed by atoms with Gasteiger partial charge in [0.1, 0.15) is 11.9 Å². The molecule has 1 heterocycles. The van der Waals surface area contributed by atoms with Gasteiger partial charge >= 0.3 is 11.9 Å². The van der Waals surface area contributed by atoms with Crippen LogP contribution in [0, 0.1) is 79.3 Å². The summed E-state index contributed by atoms with van der Waals surface area (Å²) < 4.78 is 6.20. The van der Waals surface area contributed by atoms with Crippen molar-refractivity contribution in [3.63, 3.8) is 0 Å². The Labute approximate surface area is 339 Å². The number of esters is 1. The smallest absolute Gasteiger partial charge is 0.309 e. The molecule has 1 N–H and O–H groups in total. The molecule has 0 bridgehead atoms. The number of amides is 1. The van der Waals surface area contributed by atoms with Crippen molar-refractivity contribution in [1.29, 1.82) is 0 Å². The van der Waals surface area contributed by atoms with Gasteiger partial charge in [-0.05, 0) is 168 Å². The molecule has 12 atom stereocenters. The van der Waals surface area contributed by atoms with Crippen LogP contribution in [0.3, 0.4) is 0 Å². The Balaban J connectivity index is 1.10. The highest BCUT2D eigenvalue weighted by Gasteiger charge is 2.72. The van der Waals surface area contributed by atoms with E-state index in [0.717, 1.165) is 90.1 Å². The molecule has 0 aromatic heterocycles. The third-order valence-electron chi connectivity index (χ3n) is 19.9. The van der Waals surface area contributed by atoms with Crippen molar-refractivity contribution in [1.82, 2.24) is 4.90 Å². The van der Waals surface area contributed by atoms with Crippen LogP contribution < -0.4 is 0 Å². The average Bonchev–Trinajstić information content (AvgIpc) is 3.53. The van der Waals surface area contributed by atoms with E-state index >= 15 is 4.79 Å². The first-order valence-electron chi connectivity index (χ1n) is 22.9. The minimum absolute atomic E-state index is 0.0380. The van der Waals surface area contributed by atoms with Crippen LogP contribution in [-0.4, -0.2) is 52.8 Å². The minimum Gasteiger partial charge on any atom is -0.481 e. The molecule has 7 nitrogen and oxygen atoms in total. The summed E-state index contributed by atoms with van der Waals surface area (Å²) in [6, 6.07) is 0. The van der Waals surface area contributed by atoms with E-state index in [9.17, 15) is 19.5 Å². The SMILES string of the molecule is C=C(C)C1CC[C@]2(C(=O)C[C@@H]3C[C@H](C(=O)N4CCCCC4)C3(C)C)CC[C@]3(C)C(CCC4[C@@]5(C)CC[C@H](OC(=O)CC(C)(C)C(=O)O)C(C)(C)C5CC[C@]43C)C12. The third-order valence-corrected chi connectivity index (χ3v) is 19.9. The number of hydrogen-bond acceptors (Lipinski definition) is 5. The lowest BCUT2D eigenvalue weighted by molar-refractivity contribution is -0.249. The number of ether oxygens (including phenoxy) is 1. The summed E-state index contributed by atoms with van der Waals surface area (Å²) in [5, 5.41) is 9.65. The lowest BCUT2D eigenvalue weighted by Crippen LogP contribution is -2.67. The number of nitrogens with zero attached hydrogens (tertiary/aromatic N) is 1. The Bertz CT molecular complexity index is 1620. The monoisotopic (exact) mass is 776 g/mol. The highest BCUT2D eigenvalue weighted by molar-refractivity contribution is 5.87. The summed E-state index contributed by atoms with van der Waals surface area (Å²) in [5.74, 6) is 1.92. The number of fused-ring (bicyclic) bond motifs is 7. The fraction of sp³-hybridized carbons (Fsp3) is 0.878. The van der Waals surface area contributed by atoms with E-state index in [1.165, 1.54) is 18.4 Å². The van der Waals surface area contributed by atoms with Crippen molar-refractivity contribution in [2.75, 3.05) is 13.1 Å². The molecule has 1 saturated heterocycles. The van der Waals surface area contributed by atoms with Crippen LogP contribution in [0.5, 0.6) is 0 Å². The Hall–Kier alpha value is -2.18. The third kappa shape index (κ3) is 6.12. The number of carbonyl (C=O) groups excluding carboxylic acids is 3. The van der Waals surface area contributed by atoms with E-state index in [1.807, 2.05) is 0 Å². The lowest BCUT2D eigenvalue weighted by atomic mass is 9.32. The van der Waals surface area contributed by atoms with Crippen molar-refractivity contribution >= 4 is 23.6 Å². The molecule has 6 saturated carbocycles. The lowest BCUT2D eigenvalue weighted by Gasteiger charge is -2.73. The number of Topliss-reactive ketones (excluding diaryl/α,β-unsaturated/α-hetero) is 1.